The normalized spacial score (nSPS) is 12.7. The van der Waals surface area contributed by atoms with Gasteiger partial charge in [0.15, 0.2) is 11.2 Å². The van der Waals surface area contributed by atoms with Gasteiger partial charge in [-0.2, -0.15) is 4.98 Å². The summed E-state index contributed by atoms with van der Waals surface area (Å²) in [7, 11) is 1.56. The summed E-state index contributed by atoms with van der Waals surface area (Å²) in [6.45, 7) is 5.11. The van der Waals surface area contributed by atoms with Crippen LogP contribution in [0.15, 0.2) is 46.1 Å². The number of aryl methyl sites for hydroxylation is 2. The molecule has 0 saturated carbocycles. The van der Waals surface area contributed by atoms with Crippen LogP contribution in [0.4, 0.5) is 0 Å². The third kappa shape index (κ3) is 2.52. The topological polar surface area (TPSA) is 83.3 Å². The summed E-state index contributed by atoms with van der Waals surface area (Å²) in [6, 6.07) is 10.00. The van der Waals surface area contributed by atoms with E-state index < -0.39 is 11.2 Å². The molecule has 0 spiro atoms. The number of fused-ring (bicyclic) bond motifs is 3. The largest absolute Gasteiger partial charge is 0.332 e. The average molecular weight is 379 g/mol. The summed E-state index contributed by atoms with van der Waals surface area (Å²) in [5, 5.41) is 0. The van der Waals surface area contributed by atoms with E-state index in [0.29, 0.717) is 16.9 Å². The van der Waals surface area contributed by atoms with Crippen LogP contribution in [0.1, 0.15) is 31.1 Å². The van der Waals surface area contributed by atoms with E-state index in [-0.39, 0.29) is 18.4 Å². The lowest BCUT2D eigenvalue weighted by atomic mass is 10.1. The van der Waals surface area contributed by atoms with Crippen LogP contribution in [0.2, 0.25) is 0 Å². The van der Waals surface area contributed by atoms with Gasteiger partial charge in [-0.05, 0) is 26.3 Å². The predicted octanol–water partition coefficient (Wildman–Crippen LogP) is 1.66. The van der Waals surface area contributed by atoms with Crippen LogP contribution in [0.5, 0.6) is 0 Å². The van der Waals surface area contributed by atoms with Gasteiger partial charge in [0.05, 0.1) is 12.6 Å². The highest BCUT2D eigenvalue weighted by Crippen LogP contribution is 2.25. The third-order valence-electron chi connectivity index (χ3n) is 5.12. The van der Waals surface area contributed by atoms with Crippen molar-refractivity contribution in [3.05, 3.63) is 68.6 Å². The number of carbonyl (C=O) groups is 1. The van der Waals surface area contributed by atoms with E-state index in [1.54, 1.807) is 11.4 Å². The highest BCUT2D eigenvalue weighted by Gasteiger charge is 2.22. The van der Waals surface area contributed by atoms with Gasteiger partial charge in [-0.25, -0.2) is 4.79 Å². The molecule has 3 heterocycles. The van der Waals surface area contributed by atoms with Crippen LogP contribution in [0.3, 0.4) is 0 Å². The molecule has 4 aromatic rings. The Bertz CT molecular complexity index is 1340. The zero-order chi connectivity index (χ0) is 20.2. The van der Waals surface area contributed by atoms with Crippen molar-refractivity contribution in [1.29, 1.82) is 0 Å². The van der Waals surface area contributed by atoms with Gasteiger partial charge in [-0.3, -0.25) is 23.1 Å². The molecule has 144 valence electrons. The summed E-state index contributed by atoms with van der Waals surface area (Å²) in [5.74, 6) is 0.322. The van der Waals surface area contributed by atoms with Crippen LogP contribution in [-0.4, -0.2) is 28.9 Å². The highest BCUT2D eigenvalue weighted by molar-refractivity contribution is 5.78. The van der Waals surface area contributed by atoms with Crippen molar-refractivity contribution in [2.45, 2.75) is 33.4 Å². The second-order valence-corrected chi connectivity index (χ2v) is 7.12. The lowest BCUT2D eigenvalue weighted by Crippen LogP contribution is -2.40. The van der Waals surface area contributed by atoms with Crippen molar-refractivity contribution in [1.82, 2.24) is 23.1 Å². The maximum Gasteiger partial charge on any atom is 0.332 e. The Morgan fingerprint density at radius 3 is 2.50 bits per heavy atom. The summed E-state index contributed by atoms with van der Waals surface area (Å²) in [4.78, 5) is 41.7. The highest BCUT2D eigenvalue weighted by atomic mass is 16.2. The minimum Gasteiger partial charge on any atom is -0.307 e. The van der Waals surface area contributed by atoms with E-state index in [1.165, 1.54) is 11.5 Å². The molecule has 0 amide bonds. The van der Waals surface area contributed by atoms with Crippen LogP contribution in [0, 0.1) is 6.92 Å². The monoisotopic (exact) mass is 379 g/mol. The Morgan fingerprint density at radius 2 is 1.86 bits per heavy atom. The molecule has 0 aliphatic carbocycles. The van der Waals surface area contributed by atoms with E-state index in [2.05, 4.69) is 11.9 Å². The molecule has 4 rings (SSSR count). The second kappa shape index (κ2) is 6.33. The Labute approximate surface area is 160 Å². The van der Waals surface area contributed by atoms with Crippen LogP contribution in [-0.2, 0) is 18.4 Å². The Balaban J connectivity index is 2.06. The summed E-state index contributed by atoms with van der Waals surface area (Å²) in [5.41, 5.74) is 1.59. The Morgan fingerprint density at radius 1 is 1.18 bits per heavy atom. The average Bonchev–Trinajstić information content (AvgIpc) is 3.18. The molecule has 8 heteroatoms. The molecule has 0 fully saturated rings. The molecule has 1 aromatic carbocycles. The van der Waals surface area contributed by atoms with E-state index in [1.807, 2.05) is 48.0 Å². The van der Waals surface area contributed by atoms with Crippen LogP contribution >= 0.6 is 0 Å². The lowest BCUT2D eigenvalue weighted by Gasteiger charge is -2.16. The number of ketones is 1. The van der Waals surface area contributed by atoms with E-state index in [4.69, 9.17) is 0 Å². The number of nitrogens with zero attached hydrogens (tertiary/aromatic N) is 5. The molecule has 0 aliphatic rings. The van der Waals surface area contributed by atoms with Crippen molar-refractivity contribution >= 4 is 22.7 Å². The first kappa shape index (κ1) is 18.0. The molecular formula is C20H21N5O3. The van der Waals surface area contributed by atoms with Crippen molar-refractivity contribution in [2.75, 3.05) is 0 Å². The van der Waals surface area contributed by atoms with Gasteiger partial charge in [0.25, 0.3) is 5.56 Å². The number of hydrogen-bond donors (Lipinski definition) is 0. The van der Waals surface area contributed by atoms with Crippen LogP contribution < -0.4 is 11.2 Å². The van der Waals surface area contributed by atoms with Gasteiger partial charge in [0, 0.05) is 18.9 Å². The van der Waals surface area contributed by atoms with Gasteiger partial charge in [0.1, 0.15) is 5.78 Å². The maximum absolute atomic E-state index is 13.0. The van der Waals surface area contributed by atoms with E-state index >= 15 is 0 Å². The number of carbonyl (C=O) groups excluding carboxylic acids is 1. The Hall–Kier alpha value is -3.42. The van der Waals surface area contributed by atoms with Gasteiger partial charge < -0.3 is 4.57 Å². The van der Waals surface area contributed by atoms with Crippen molar-refractivity contribution in [3.63, 3.8) is 0 Å². The first-order valence-electron chi connectivity index (χ1n) is 9.05. The minimum absolute atomic E-state index is 0.00742. The molecule has 0 radical (unpaired) electrons. The van der Waals surface area contributed by atoms with Crippen molar-refractivity contribution in [2.24, 2.45) is 7.05 Å². The van der Waals surface area contributed by atoms with Gasteiger partial charge in [-0.1, -0.05) is 30.3 Å². The number of imidazole rings is 2. The number of hydrogen-bond acceptors (Lipinski definition) is 4. The maximum atomic E-state index is 13.0. The van der Waals surface area contributed by atoms with E-state index in [0.717, 1.165) is 15.8 Å². The first-order valence-corrected chi connectivity index (χ1v) is 9.05. The van der Waals surface area contributed by atoms with Gasteiger partial charge >= 0.3 is 5.69 Å². The standard InChI is InChI=1S/C20H21N5O3/c1-12-10-23-16-17(22(4)20(28)24(18(16)27)11-13(2)26)21-19(23)25(12)14(3)15-8-6-5-7-9-15/h5-10,14H,11H2,1-4H3. The molecule has 8 nitrogen and oxygen atoms in total. The number of benzene rings is 1. The van der Waals surface area contributed by atoms with Crippen molar-refractivity contribution < 1.29 is 4.79 Å². The van der Waals surface area contributed by atoms with Gasteiger partial charge in [-0.15, -0.1) is 0 Å². The number of Topliss-reactive ketones (excluding diaryl/α,β-unsaturated/α-hetero) is 1. The van der Waals surface area contributed by atoms with Crippen LogP contribution in [0.25, 0.3) is 16.9 Å². The third-order valence-corrected chi connectivity index (χ3v) is 5.12. The van der Waals surface area contributed by atoms with E-state index in [9.17, 15) is 14.4 Å². The molecule has 1 unspecified atom stereocenters. The fourth-order valence-corrected chi connectivity index (χ4v) is 3.75. The first-order chi connectivity index (χ1) is 13.3. The lowest BCUT2D eigenvalue weighted by molar-refractivity contribution is -0.117. The Kier molecular flexibility index (Phi) is 4.06. The number of rotatable bonds is 4. The fraction of sp³-hybridized carbons (Fsp3) is 0.300. The molecule has 0 N–H and O–H groups in total. The summed E-state index contributed by atoms with van der Waals surface area (Å²) < 4.78 is 6.03. The second-order valence-electron chi connectivity index (χ2n) is 7.12. The quantitative estimate of drug-likeness (QED) is 0.540. The SMILES string of the molecule is CC(=O)Cn1c(=O)c2c(nc3n(C(C)c4ccccc4)c(C)cn23)n(C)c1=O. The molecule has 0 bridgehead atoms. The predicted molar refractivity (Wildman–Crippen MR) is 106 cm³/mol. The minimum atomic E-state index is -0.548. The van der Waals surface area contributed by atoms with Crippen molar-refractivity contribution in [3.8, 4) is 0 Å². The van der Waals surface area contributed by atoms with Gasteiger partial charge in [0.2, 0.25) is 5.78 Å². The molecule has 0 aliphatic heterocycles. The zero-order valence-electron chi connectivity index (χ0n) is 16.2. The molecule has 0 saturated heterocycles. The molecular weight excluding hydrogens is 358 g/mol. The fourth-order valence-electron chi connectivity index (χ4n) is 3.75. The smallest absolute Gasteiger partial charge is 0.307 e. The molecule has 1 atom stereocenters. The molecule has 3 aromatic heterocycles. The summed E-state index contributed by atoms with van der Waals surface area (Å²) in [6.07, 6.45) is 1.84. The summed E-state index contributed by atoms with van der Waals surface area (Å²) >= 11 is 0. The zero-order valence-corrected chi connectivity index (χ0v) is 16.2. The number of aromatic nitrogens is 5. The molecule has 28 heavy (non-hydrogen) atoms.